The van der Waals surface area contributed by atoms with E-state index in [1.54, 1.807) is 10.9 Å². The summed E-state index contributed by atoms with van der Waals surface area (Å²) < 4.78 is 1.75. The normalized spacial score (nSPS) is 12.4. The van der Waals surface area contributed by atoms with Crippen LogP contribution in [0.15, 0.2) is 41.6 Å². The largest absolute Gasteiger partial charge is 0.335 e. The van der Waals surface area contributed by atoms with Crippen LogP contribution in [0.2, 0.25) is 5.02 Å². The van der Waals surface area contributed by atoms with Gasteiger partial charge in [-0.05, 0) is 32.9 Å². The van der Waals surface area contributed by atoms with Crippen molar-refractivity contribution in [1.29, 1.82) is 0 Å². The number of nitrogens with zero attached hydrogens (tertiary/aromatic N) is 3. The minimum absolute atomic E-state index is 0.105. The van der Waals surface area contributed by atoms with Crippen LogP contribution in [-0.4, -0.2) is 31.9 Å². The number of halogens is 1. The van der Waals surface area contributed by atoms with Crippen LogP contribution in [0.4, 0.5) is 0 Å². The number of hydrogen-bond acceptors (Lipinski definition) is 3. The Morgan fingerprint density at radius 1 is 1.35 bits per heavy atom. The van der Waals surface area contributed by atoms with Crippen molar-refractivity contribution in [3.63, 3.8) is 0 Å². The lowest BCUT2D eigenvalue weighted by molar-refractivity contribution is -0.132. The molecule has 2 aromatic rings. The van der Waals surface area contributed by atoms with Gasteiger partial charge in [-0.15, -0.1) is 11.8 Å². The van der Waals surface area contributed by atoms with Crippen LogP contribution >= 0.6 is 23.4 Å². The van der Waals surface area contributed by atoms with Gasteiger partial charge in [0.15, 0.2) is 0 Å². The molecule has 1 aromatic carbocycles. The average Bonchev–Trinajstić information content (AvgIpc) is 2.91. The average molecular weight is 352 g/mol. The number of benzene rings is 1. The topological polar surface area (TPSA) is 38.1 Å². The number of carbonyl (C=O) groups is 1. The molecule has 1 heterocycles. The van der Waals surface area contributed by atoms with E-state index in [9.17, 15) is 4.79 Å². The summed E-state index contributed by atoms with van der Waals surface area (Å²) in [4.78, 5) is 15.7. The minimum Gasteiger partial charge on any atom is -0.335 e. The van der Waals surface area contributed by atoms with E-state index in [-0.39, 0.29) is 17.2 Å². The van der Waals surface area contributed by atoms with Crippen molar-refractivity contribution < 1.29 is 4.79 Å². The van der Waals surface area contributed by atoms with Gasteiger partial charge in [-0.2, -0.15) is 5.10 Å². The first-order valence-corrected chi connectivity index (χ1v) is 8.83. The third kappa shape index (κ3) is 4.75. The molecule has 0 aliphatic carbocycles. The zero-order chi connectivity index (χ0) is 17.0. The monoisotopic (exact) mass is 351 g/mol. The van der Waals surface area contributed by atoms with Crippen molar-refractivity contribution in [2.45, 2.75) is 43.5 Å². The molecular formula is C17H22ClN3OS. The quantitative estimate of drug-likeness (QED) is 0.738. The molecule has 0 saturated heterocycles. The summed E-state index contributed by atoms with van der Waals surface area (Å²) in [7, 11) is 1.88. The van der Waals surface area contributed by atoms with E-state index in [0.29, 0.717) is 11.6 Å². The predicted molar refractivity (Wildman–Crippen MR) is 95.7 cm³/mol. The third-order valence-electron chi connectivity index (χ3n) is 3.51. The molecule has 0 N–H and O–H groups in total. The van der Waals surface area contributed by atoms with Gasteiger partial charge in [-0.1, -0.05) is 23.7 Å². The minimum atomic E-state index is -0.200. The molecule has 0 bridgehead atoms. The highest BCUT2D eigenvalue weighted by Crippen LogP contribution is 2.31. The summed E-state index contributed by atoms with van der Waals surface area (Å²) in [5.74, 6) is 0.105. The van der Waals surface area contributed by atoms with Gasteiger partial charge in [0.25, 0.3) is 0 Å². The van der Waals surface area contributed by atoms with Crippen LogP contribution in [0.25, 0.3) is 0 Å². The second-order valence-corrected chi connectivity index (χ2v) is 7.56. The first-order chi connectivity index (χ1) is 10.9. The van der Waals surface area contributed by atoms with E-state index in [0.717, 1.165) is 10.5 Å². The summed E-state index contributed by atoms with van der Waals surface area (Å²) in [5.41, 5.74) is 1.03. The lowest BCUT2D eigenvalue weighted by Gasteiger charge is -2.29. The number of amides is 1. The van der Waals surface area contributed by atoms with E-state index >= 15 is 0 Å². The molecule has 1 atom stereocenters. The Balaban J connectivity index is 2.09. The van der Waals surface area contributed by atoms with Crippen molar-refractivity contribution in [1.82, 2.24) is 14.7 Å². The first kappa shape index (κ1) is 17.9. The van der Waals surface area contributed by atoms with Gasteiger partial charge in [0.2, 0.25) is 5.91 Å². The predicted octanol–water partition coefficient (Wildman–Crippen LogP) is 3.99. The zero-order valence-electron chi connectivity index (χ0n) is 13.9. The van der Waals surface area contributed by atoms with Crippen molar-refractivity contribution >= 4 is 29.3 Å². The Labute approximate surface area is 146 Å². The Kier molecular flexibility index (Phi) is 6.13. The van der Waals surface area contributed by atoms with Gasteiger partial charge < -0.3 is 4.90 Å². The van der Waals surface area contributed by atoms with Crippen LogP contribution in [0, 0.1) is 0 Å². The van der Waals surface area contributed by atoms with Gasteiger partial charge in [-0.25, -0.2) is 0 Å². The van der Waals surface area contributed by atoms with Crippen LogP contribution in [0.1, 0.15) is 26.3 Å². The lowest BCUT2D eigenvalue weighted by atomic mass is 10.2. The smallest absolute Gasteiger partial charge is 0.236 e. The summed E-state index contributed by atoms with van der Waals surface area (Å²) in [6.45, 7) is 6.55. The molecule has 23 heavy (non-hydrogen) atoms. The number of thioether (sulfide) groups is 1. The molecule has 0 fully saturated rings. The zero-order valence-corrected chi connectivity index (χ0v) is 15.4. The maximum absolute atomic E-state index is 12.8. The maximum Gasteiger partial charge on any atom is 0.236 e. The molecule has 0 saturated carbocycles. The highest BCUT2D eigenvalue weighted by molar-refractivity contribution is 8.00. The van der Waals surface area contributed by atoms with E-state index in [4.69, 9.17) is 11.6 Å². The Hall–Kier alpha value is -1.46. The molecule has 0 aliphatic heterocycles. The van der Waals surface area contributed by atoms with Crippen molar-refractivity contribution in [2.24, 2.45) is 7.05 Å². The van der Waals surface area contributed by atoms with Crippen LogP contribution in [0.5, 0.6) is 0 Å². The van der Waals surface area contributed by atoms with Crippen LogP contribution in [0.3, 0.4) is 0 Å². The molecular weight excluding hydrogens is 330 g/mol. The Morgan fingerprint density at radius 2 is 2.04 bits per heavy atom. The maximum atomic E-state index is 12.8. The number of hydrogen-bond donors (Lipinski definition) is 0. The molecule has 1 aromatic heterocycles. The SMILES string of the molecule is CC(Sc1ccccc1Cl)C(=O)N(Cc1cnn(C)c1)C(C)C. The summed E-state index contributed by atoms with van der Waals surface area (Å²) in [5, 5.41) is 4.65. The van der Waals surface area contributed by atoms with Crippen LogP contribution < -0.4 is 0 Å². The fourth-order valence-corrected chi connectivity index (χ4v) is 3.50. The van der Waals surface area contributed by atoms with Crippen molar-refractivity contribution in [2.75, 3.05) is 0 Å². The number of rotatable bonds is 6. The van der Waals surface area contributed by atoms with E-state index < -0.39 is 0 Å². The highest BCUT2D eigenvalue weighted by Gasteiger charge is 2.24. The molecule has 6 heteroatoms. The molecule has 1 unspecified atom stereocenters. The number of aromatic nitrogens is 2. The van der Waals surface area contributed by atoms with Crippen molar-refractivity contribution in [3.05, 3.63) is 47.2 Å². The van der Waals surface area contributed by atoms with Gasteiger partial charge in [0.1, 0.15) is 0 Å². The van der Waals surface area contributed by atoms with Gasteiger partial charge in [0.05, 0.1) is 16.5 Å². The fraction of sp³-hybridized carbons (Fsp3) is 0.412. The second-order valence-electron chi connectivity index (χ2n) is 5.77. The lowest BCUT2D eigenvalue weighted by Crippen LogP contribution is -2.40. The standard InChI is InChI=1S/C17H22ClN3OS/c1-12(2)21(11-14-9-19-20(4)10-14)17(22)13(3)23-16-8-6-5-7-15(16)18/h5-10,12-13H,11H2,1-4H3. The molecule has 0 spiro atoms. The fourth-order valence-electron chi connectivity index (χ4n) is 2.28. The summed E-state index contributed by atoms with van der Waals surface area (Å²) in [6.07, 6.45) is 3.74. The first-order valence-electron chi connectivity index (χ1n) is 7.57. The summed E-state index contributed by atoms with van der Waals surface area (Å²) in [6, 6.07) is 7.73. The van der Waals surface area contributed by atoms with E-state index in [1.165, 1.54) is 11.8 Å². The second kappa shape index (κ2) is 7.88. The number of aryl methyl sites for hydroxylation is 1. The molecule has 124 valence electrons. The third-order valence-corrected chi connectivity index (χ3v) is 5.11. The van der Waals surface area contributed by atoms with Gasteiger partial charge in [-0.3, -0.25) is 9.48 Å². The molecule has 0 aliphatic rings. The number of carbonyl (C=O) groups excluding carboxylic acids is 1. The van der Waals surface area contributed by atoms with Gasteiger partial charge in [0, 0.05) is 36.3 Å². The highest BCUT2D eigenvalue weighted by atomic mass is 35.5. The van der Waals surface area contributed by atoms with E-state index in [2.05, 4.69) is 5.10 Å². The summed E-state index contributed by atoms with van der Waals surface area (Å²) >= 11 is 7.69. The molecule has 4 nitrogen and oxygen atoms in total. The molecule has 0 radical (unpaired) electrons. The molecule has 1 amide bonds. The Morgan fingerprint density at radius 3 is 2.61 bits per heavy atom. The Bertz CT molecular complexity index is 671. The van der Waals surface area contributed by atoms with Crippen LogP contribution in [-0.2, 0) is 18.4 Å². The van der Waals surface area contributed by atoms with E-state index in [1.807, 2.05) is 63.2 Å². The van der Waals surface area contributed by atoms with Gasteiger partial charge >= 0.3 is 0 Å². The molecule has 2 rings (SSSR count). The van der Waals surface area contributed by atoms with Crippen molar-refractivity contribution in [3.8, 4) is 0 Å².